The van der Waals surface area contributed by atoms with Gasteiger partial charge in [0.1, 0.15) is 0 Å². The largest absolute Gasteiger partial charge is 0.133 e. The smallest absolute Gasteiger partial charge is 0.0514 e. The van der Waals surface area contributed by atoms with E-state index in [1.54, 1.807) is 11.3 Å². The molecule has 5 heteroatoms. The Labute approximate surface area is 161 Å². The van der Waals surface area contributed by atoms with Gasteiger partial charge in [0.2, 0.25) is 0 Å². The molecule has 0 aliphatic heterocycles. The molecule has 0 amide bonds. The van der Waals surface area contributed by atoms with E-state index in [0.717, 1.165) is 17.9 Å². The maximum Gasteiger partial charge on any atom is 0.0514 e. The Balaban J connectivity index is 2.22. The summed E-state index contributed by atoms with van der Waals surface area (Å²) in [6.45, 7) is 0. The van der Waals surface area contributed by atoms with Gasteiger partial charge >= 0.3 is 0 Å². The molecule has 21 heavy (non-hydrogen) atoms. The molecule has 1 heterocycles. The lowest BCUT2D eigenvalue weighted by Crippen LogP contribution is -1.75. The van der Waals surface area contributed by atoms with Crippen molar-refractivity contribution in [2.75, 3.05) is 0 Å². The SMILES string of the molecule is Brc1ccccc1-c1sc(-c2ccccc2Br)c(Br)c1Br. The minimum absolute atomic E-state index is 1.09. The summed E-state index contributed by atoms with van der Waals surface area (Å²) in [5.41, 5.74) is 2.38. The van der Waals surface area contributed by atoms with E-state index in [4.69, 9.17) is 0 Å². The molecule has 0 saturated carbocycles. The molecule has 0 unspecified atom stereocenters. The van der Waals surface area contributed by atoms with Gasteiger partial charge in [0.15, 0.2) is 0 Å². The Kier molecular flexibility index (Phi) is 5.06. The first-order valence-corrected chi connectivity index (χ1v) is 10.1. The predicted molar refractivity (Wildman–Crippen MR) is 106 cm³/mol. The van der Waals surface area contributed by atoms with Gasteiger partial charge in [-0.2, -0.15) is 0 Å². The van der Waals surface area contributed by atoms with Crippen LogP contribution in [-0.4, -0.2) is 0 Å². The molecule has 0 aliphatic rings. The average Bonchev–Trinajstić information content (AvgIpc) is 2.77. The number of hydrogen-bond donors (Lipinski definition) is 0. The second-order valence-electron chi connectivity index (χ2n) is 4.35. The van der Waals surface area contributed by atoms with Crippen molar-refractivity contribution in [3.63, 3.8) is 0 Å². The molecule has 0 fully saturated rings. The topological polar surface area (TPSA) is 0 Å². The third kappa shape index (κ3) is 3.08. The molecule has 2 aromatic carbocycles. The lowest BCUT2D eigenvalue weighted by Gasteiger charge is -2.02. The van der Waals surface area contributed by atoms with Crippen LogP contribution in [0.3, 0.4) is 0 Å². The summed E-state index contributed by atoms with van der Waals surface area (Å²) in [7, 11) is 0. The molecular formula is C16H8Br4S. The van der Waals surface area contributed by atoms with Crippen LogP contribution in [0.5, 0.6) is 0 Å². The highest BCUT2D eigenvalue weighted by Crippen LogP contribution is 2.50. The van der Waals surface area contributed by atoms with Crippen LogP contribution in [0.15, 0.2) is 66.4 Å². The second-order valence-corrected chi connectivity index (χ2v) is 8.66. The maximum atomic E-state index is 3.72. The van der Waals surface area contributed by atoms with Gasteiger partial charge in [0, 0.05) is 20.1 Å². The summed E-state index contributed by atoms with van der Waals surface area (Å²) in [6.07, 6.45) is 0. The Morgan fingerprint density at radius 2 is 0.952 bits per heavy atom. The van der Waals surface area contributed by atoms with Crippen molar-refractivity contribution < 1.29 is 0 Å². The molecule has 0 N–H and O–H groups in total. The van der Waals surface area contributed by atoms with E-state index in [2.05, 4.69) is 100 Å². The van der Waals surface area contributed by atoms with Crippen LogP contribution in [0, 0.1) is 0 Å². The quantitative estimate of drug-likeness (QED) is 0.302. The zero-order valence-corrected chi connectivity index (χ0v) is 17.7. The zero-order chi connectivity index (χ0) is 15.0. The van der Waals surface area contributed by atoms with Gasteiger partial charge in [0.25, 0.3) is 0 Å². The Morgan fingerprint density at radius 3 is 1.33 bits per heavy atom. The molecule has 3 aromatic rings. The number of benzene rings is 2. The van der Waals surface area contributed by atoms with Gasteiger partial charge in [0.05, 0.1) is 18.7 Å². The van der Waals surface area contributed by atoms with E-state index < -0.39 is 0 Å². The highest BCUT2D eigenvalue weighted by molar-refractivity contribution is 9.13. The van der Waals surface area contributed by atoms with Crippen LogP contribution in [0.25, 0.3) is 20.9 Å². The number of halogens is 4. The molecule has 0 spiro atoms. The summed E-state index contributed by atoms with van der Waals surface area (Å²) >= 11 is 16.5. The van der Waals surface area contributed by atoms with Gasteiger partial charge in [-0.1, -0.05) is 68.3 Å². The molecule has 0 nitrogen and oxygen atoms in total. The van der Waals surface area contributed by atoms with E-state index in [-0.39, 0.29) is 0 Å². The first-order chi connectivity index (χ1) is 10.1. The molecule has 0 saturated heterocycles. The van der Waals surface area contributed by atoms with Crippen LogP contribution >= 0.6 is 75.1 Å². The fourth-order valence-corrected chi connectivity index (χ4v) is 5.99. The van der Waals surface area contributed by atoms with Gasteiger partial charge < -0.3 is 0 Å². The van der Waals surface area contributed by atoms with E-state index in [9.17, 15) is 0 Å². The second kappa shape index (κ2) is 6.67. The van der Waals surface area contributed by atoms with Crippen LogP contribution in [0.1, 0.15) is 0 Å². The first-order valence-electron chi connectivity index (χ1n) is 6.07. The van der Waals surface area contributed by atoms with Gasteiger partial charge in [-0.3, -0.25) is 0 Å². The van der Waals surface area contributed by atoms with E-state index in [0.29, 0.717) is 0 Å². The summed E-state index contributed by atoms with van der Waals surface area (Å²) in [4.78, 5) is 2.42. The van der Waals surface area contributed by atoms with Crippen molar-refractivity contribution in [2.24, 2.45) is 0 Å². The number of rotatable bonds is 2. The normalized spacial score (nSPS) is 10.9. The standard InChI is InChI=1S/C16H8Br4S/c17-11-7-3-1-5-9(11)15-13(19)14(20)16(21-15)10-6-2-4-8-12(10)18/h1-8H. The highest BCUT2D eigenvalue weighted by atomic mass is 79.9. The number of hydrogen-bond acceptors (Lipinski definition) is 1. The maximum absolute atomic E-state index is 3.72. The van der Waals surface area contributed by atoms with Crippen molar-refractivity contribution >= 4 is 75.1 Å². The van der Waals surface area contributed by atoms with E-state index >= 15 is 0 Å². The molecule has 0 bridgehead atoms. The van der Waals surface area contributed by atoms with Crippen molar-refractivity contribution in [2.45, 2.75) is 0 Å². The van der Waals surface area contributed by atoms with Gasteiger partial charge in [-0.05, 0) is 44.0 Å². The average molecular weight is 552 g/mol. The van der Waals surface area contributed by atoms with Crippen LogP contribution in [-0.2, 0) is 0 Å². The Bertz CT molecular complexity index is 742. The minimum atomic E-state index is 1.09. The van der Waals surface area contributed by atoms with Crippen molar-refractivity contribution in [3.05, 3.63) is 66.4 Å². The van der Waals surface area contributed by atoms with Gasteiger partial charge in [-0.15, -0.1) is 11.3 Å². The molecule has 0 radical (unpaired) electrons. The van der Waals surface area contributed by atoms with Crippen LogP contribution in [0.4, 0.5) is 0 Å². The summed E-state index contributed by atoms with van der Waals surface area (Å²) in [5, 5.41) is 0. The lowest BCUT2D eigenvalue weighted by atomic mass is 10.1. The fourth-order valence-electron chi connectivity index (χ4n) is 2.03. The molecule has 0 atom stereocenters. The van der Waals surface area contributed by atoms with E-state index in [1.807, 2.05) is 12.1 Å². The fraction of sp³-hybridized carbons (Fsp3) is 0. The third-order valence-corrected chi connectivity index (χ3v) is 8.31. The van der Waals surface area contributed by atoms with Crippen molar-refractivity contribution in [1.82, 2.24) is 0 Å². The molecule has 0 aliphatic carbocycles. The summed E-state index contributed by atoms with van der Waals surface area (Å²) < 4.78 is 4.37. The summed E-state index contributed by atoms with van der Waals surface area (Å²) in [5.74, 6) is 0. The number of thiophene rings is 1. The van der Waals surface area contributed by atoms with Crippen LogP contribution in [0.2, 0.25) is 0 Å². The van der Waals surface area contributed by atoms with Crippen LogP contribution < -0.4 is 0 Å². The summed E-state index contributed by atoms with van der Waals surface area (Å²) in [6, 6.07) is 16.5. The highest BCUT2D eigenvalue weighted by Gasteiger charge is 2.19. The molecular weight excluding hydrogens is 544 g/mol. The zero-order valence-electron chi connectivity index (χ0n) is 10.5. The molecule has 1 aromatic heterocycles. The lowest BCUT2D eigenvalue weighted by molar-refractivity contribution is 1.60. The monoisotopic (exact) mass is 548 g/mol. The van der Waals surface area contributed by atoms with Crippen molar-refractivity contribution in [3.8, 4) is 20.9 Å². The predicted octanol–water partition coefficient (Wildman–Crippen LogP) is 8.13. The Morgan fingerprint density at radius 1 is 0.571 bits per heavy atom. The molecule has 3 rings (SSSR count). The first kappa shape index (κ1) is 15.9. The minimum Gasteiger partial charge on any atom is -0.133 e. The Hall–Kier alpha value is 0.0600. The van der Waals surface area contributed by atoms with Gasteiger partial charge in [-0.25, -0.2) is 0 Å². The molecule has 106 valence electrons. The third-order valence-electron chi connectivity index (χ3n) is 3.03. The van der Waals surface area contributed by atoms with Crippen molar-refractivity contribution in [1.29, 1.82) is 0 Å². The van der Waals surface area contributed by atoms with E-state index in [1.165, 1.54) is 20.9 Å².